The van der Waals surface area contributed by atoms with E-state index >= 15 is 0 Å². The van der Waals surface area contributed by atoms with Crippen LogP contribution in [0.15, 0.2) is 42.5 Å². The van der Waals surface area contributed by atoms with Crippen molar-refractivity contribution in [2.75, 3.05) is 14.2 Å². The van der Waals surface area contributed by atoms with Gasteiger partial charge in [0.15, 0.2) is 0 Å². The number of aromatic nitrogens is 1. The van der Waals surface area contributed by atoms with Crippen molar-refractivity contribution in [1.29, 1.82) is 0 Å². The molecule has 2 rings (SSSR count). The van der Waals surface area contributed by atoms with E-state index in [1.54, 1.807) is 37.4 Å². The highest BCUT2D eigenvalue weighted by atomic mass is 16.5. The van der Waals surface area contributed by atoms with Crippen LogP contribution < -0.4 is 4.74 Å². The molecule has 0 bridgehead atoms. The van der Waals surface area contributed by atoms with Crippen molar-refractivity contribution in [3.63, 3.8) is 0 Å². The molecule has 1 aromatic carbocycles. The highest BCUT2D eigenvalue weighted by Crippen LogP contribution is 2.10. The summed E-state index contributed by atoms with van der Waals surface area (Å²) in [6, 6.07) is 11.5. The second-order valence-corrected chi connectivity index (χ2v) is 4.21. The van der Waals surface area contributed by atoms with Crippen molar-refractivity contribution in [2.45, 2.75) is 0 Å². The van der Waals surface area contributed by atoms with Gasteiger partial charge in [-0.15, -0.1) is 0 Å². The number of ketones is 1. The maximum atomic E-state index is 12.0. The average Bonchev–Trinajstić information content (AvgIpc) is 2.59. The Hall–Kier alpha value is -3.13. The number of carbonyl (C=O) groups excluding carboxylic acids is 2. The molecule has 0 aliphatic heterocycles. The Bertz CT molecular complexity index is 754. The summed E-state index contributed by atoms with van der Waals surface area (Å²) in [7, 11) is 2.83. The number of rotatable bonds is 3. The van der Waals surface area contributed by atoms with E-state index in [1.807, 2.05) is 0 Å². The van der Waals surface area contributed by atoms with E-state index in [-0.39, 0.29) is 11.4 Å². The average molecular weight is 295 g/mol. The Morgan fingerprint density at radius 3 is 2.32 bits per heavy atom. The number of hydrogen-bond acceptors (Lipinski definition) is 5. The van der Waals surface area contributed by atoms with Gasteiger partial charge in [-0.05, 0) is 42.3 Å². The monoisotopic (exact) mass is 295 g/mol. The molecule has 0 N–H and O–H groups in total. The van der Waals surface area contributed by atoms with E-state index in [4.69, 9.17) is 4.74 Å². The fourth-order valence-electron chi connectivity index (χ4n) is 1.65. The van der Waals surface area contributed by atoms with Crippen LogP contribution in [0, 0.1) is 11.8 Å². The lowest BCUT2D eigenvalue weighted by Gasteiger charge is -1.99. The molecule has 0 saturated carbocycles. The van der Waals surface area contributed by atoms with E-state index in [1.165, 1.54) is 19.2 Å². The molecule has 0 fully saturated rings. The molecular weight excluding hydrogens is 282 g/mol. The molecule has 5 nitrogen and oxygen atoms in total. The first-order valence-electron chi connectivity index (χ1n) is 6.40. The van der Waals surface area contributed by atoms with Gasteiger partial charge in [0.2, 0.25) is 0 Å². The Morgan fingerprint density at radius 1 is 1.00 bits per heavy atom. The first-order valence-corrected chi connectivity index (χ1v) is 6.40. The zero-order valence-electron chi connectivity index (χ0n) is 12.1. The summed E-state index contributed by atoms with van der Waals surface area (Å²) in [6.45, 7) is 0. The SMILES string of the molecule is COC(=O)c1cccc(C(=O)C#Cc2ccc(OC)cc2)n1. The number of pyridine rings is 1. The van der Waals surface area contributed by atoms with Gasteiger partial charge in [-0.3, -0.25) is 4.79 Å². The van der Waals surface area contributed by atoms with Crippen LogP contribution in [-0.4, -0.2) is 31.0 Å². The summed E-state index contributed by atoms with van der Waals surface area (Å²) >= 11 is 0. The third kappa shape index (κ3) is 3.70. The molecule has 0 saturated heterocycles. The molecule has 5 heteroatoms. The number of benzene rings is 1. The predicted molar refractivity (Wildman–Crippen MR) is 79.8 cm³/mol. The van der Waals surface area contributed by atoms with E-state index < -0.39 is 11.8 Å². The fourth-order valence-corrected chi connectivity index (χ4v) is 1.65. The first kappa shape index (κ1) is 15.3. The zero-order valence-corrected chi connectivity index (χ0v) is 12.1. The summed E-state index contributed by atoms with van der Waals surface area (Å²) in [5, 5.41) is 0. The quantitative estimate of drug-likeness (QED) is 0.493. The fraction of sp³-hybridized carbons (Fsp3) is 0.118. The molecule has 0 unspecified atom stereocenters. The molecule has 22 heavy (non-hydrogen) atoms. The number of nitrogens with zero attached hydrogens (tertiary/aromatic N) is 1. The molecule has 0 radical (unpaired) electrons. The second-order valence-electron chi connectivity index (χ2n) is 4.21. The van der Waals surface area contributed by atoms with Gasteiger partial charge in [-0.2, -0.15) is 0 Å². The number of hydrogen-bond donors (Lipinski definition) is 0. The first-order chi connectivity index (χ1) is 10.6. The topological polar surface area (TPSA) is 65.5 Å². The number of methoxy groups -OCH3 is 2. The van der Waals surface area contributed by atoms with Crippen LogP contribution in [0.4, 0.5) is 0 Å². The third-order valence-corrected chi connectivity index (χ3v) is 2.79. The van der Waals surface area contributed by atoms with Gasteiger partial charge in [0.1, 0.15) is 17.1 Å². The van der Waals surface area contributed by atoms with Gasteiger partial charge < -0.3 is 9.47 Å². The van der Waals surface area contributed by atoms with Crippen molar-refractivity contribution >= 4 is 11.8 Å². The molecule has 2 aromatic rings. The minimum atomic E-state index is -0.599. The molecule has 0 aliphatic rings. The number of ether oxygens (including phenoxy) is 2. The largest absolute Gasteiger partial charge is 0.497 e. The summed E-state index contributed by atoms with van der Waals surface area (Å²) in [5.41, 5.74) is 0.849. The van der Waals surface area contributed by atoms with E-state index in [0.29, 0.717) is 11.3 Å². The maximum Gasteiger partial charge on any atom is 0.356 e. The van der Waals surface area contributed by atoms with Gasteiger partial charge >= 0.3 is 5.97 Å². The highest BCUT2D eigenvalue weighted by Gasteiger charge is 2.10. The highest BCUT2D eigenvalue weighted by molar-refractivity contribution is 6.08. The molecule has 110 valence electrons. The van der Waals surface area contributed by atoms with Gasteiger partial charge in [-0.1, -0.05) is 12.0 Å². The van der Waals surface area contributed by atoms with E-state index in [0.717, 1.165) is 0 Å². The molecular formula is C17H13NO4. The van der Waals surface area contributed by atoms with Crippen LogP contribution in [0.5, 0.6) is 5.75 Å². The van der Waals surface area contributed by atoms with E-state index in [9.17, 15) is 9.59 Å². The standard InChI is InChI=1S/C17H13NO4/c1-21-13-9-6-12(7-10-13)8-11-16(19)14-4-3-5-15(18-14)17(20)22-2/h3-7,9-10H,1-2H3. The van der Waals surface area contributed by atoms with Crippen molar-refractivity contribution in [2.24, 2.45) is 0 Å². The van der Waals surface area contributed by atoms with Crippen LogP contribution in [0.3, 0.4) is 0 Å². The minimum Gasteiger partial charge on any atom is -0.497 e. The summed E-state index contributed by atoms with van der Waals surface area (Å²) in [4.78, 5) is 27.3. The van der Waals surface area contributed by atoms with Crippen LogP contribution in [-0.2, 0) is 4.74 Å². The van der Waals surface area contributed by atoms with Gasteiger partial charge in [-0.25, -0.2) is 9.78 Å². The van der Waals surface area contributed by atoms with Crippen molar-refractivity contribution in [1.82, 2.24) is 4.98 Å². The third-order valence-electron chi connectivity index (χ3n) is 2.79. The molecule has 1 heterocycles. The zero-order chi connectivity index (χ0) is 15.9. The normalized spacial score (nSPS) is 9.36. The van der Waals surface area contributed by atoms with Crippen molar-refractivity contribution in [3.8, 4) is 17.6 Å². The van der Waals surface area contributed by atoms with Gasteiger partial charge in [0.25, 0.3) is 5.78 Å². The summed E-state index contributed by atoms with van der Waals surface area (Å²) in [6.07, 6.45) is 0. The summed E-state index contributed by atoms with van der Waals surface area (Å²) < 4.78 is 9.60. The molecule has 1 aromatic heterocycles. The Labute approximate surface area is 127 Å². The van der Waals surface area contributed by atoms with Crippen molar-refractivity contribution < 1.29 is 19.1 Å². The van der Waals surface area contributed by atoms with Gasteiger partial charge in [0.05, 0.1) is 14.2 Å². The van der Waals surface area contributed by atoms with Crippen LogP contribution >= 0.6 is 0 Å². The molecule has 0 atom stereocenters. The second kappa shape index (κ2) is 7.04. The minimum absolute atomic E-state index is 0.0691. The van der Waals surface area contributed by atoms with Crippen molar-refractivity contribution in [3.05, 3.63) is 59.4 Å². The Morgan fingerprint density at radius 2 is 1.68 bits per heavy atom. The smallest absolute Gasteiger partial charge is 0.356 e. The summed E-state index contributed by atoms with van der Waals surface area (Å²) in [5.74, 6) is 4.88. The maximum absolute atomic E-state index is 12.0. The van der Waals surface area contributed by atoms with Crippen LogP contribution in [0.2, 0.25) is 0 Å². The predicted octanol–water partition coefficient (Wildman–Crippen LogP) is 2.11. The molecule has 0 amide bonds. The number of esters is 1. The lowest BCUT2D eigenvalue weighted by molar-refractivity contribution is 0.0594. The van der Waals surface area contributed by atoms with E-state index in [2.05, 4.69) is 21.6 Å². The number of Topliss-reactive ketones (excluding diaryl/α,β-unsaturated/α-hetero) is 1. The number of carbonyl (C=O) groups is 2. The Kier molecular flexibility index (Phi) is 4.89. The Balaban J connectivity index is 2.18. The van der Waals surface area contributed by atoms with Gasteiger partial charge in [0, 0.05) is 5.56 Å². The molecule has 0 spiro atoms. The molecule has 0 aliphatic carbocycles. The van der Waals surface area contributed by atoms with Crippen LogP contribution in [0.1, 0.15) is 26.5 Å². The lowest BCUT2D eigenvalue weighted by Crippen LogP contribution is -2.08. The van der Waals surface area contributed by atoms with Crippen LogP contribution in [0.25, 0.3) is 0 Å². The lowest BCUT2D eigenvalue weighted by atomic mass is 10.2.